The molecule has 1 unspecified atom stereocenters. The van der Waals surface area contributed by atoms with Crippen molar-refractivity contribution >= 4 is 0 Å². The van der Waals surface area contributed by atoms with Gasteiger partial charge >= 0.3 is 0 Å². The summed E-state index contributed by atoms with van der Waals surface area (Å²) in [6.45, 7) is 3.62. The second-order valence-corrected chi connectivity index (χ2v) is 5.15. The van der Waals surface area contributed by atoms with E-state index in [1.54, 1.807) is 7.11 Å². The molecule has 4 nitrogen and oxygen atoms in total. The lowest BCUT2D eigenvalue weighted by Crippen LogP contribution is -2.45. The van der Waals surface area contributed by atoms with E-state index in [-0.39, 0.29) is 0 Å². The number of ether oxygens (including phenoxy) is 1. The fourth-order valence-corrected chi connectivity index (χ4v) is 2.20. The van der Waals surface area contributed by atoms with Gasteiger partial charge in [0.15, 0.2) is 0 Å². The van der Waals surface area contributed by atoms with Crippen molar-refractivity contribution in [3.63, 3.8) is 0 Å². The van der Waals surface area contributed by atoms with Crippen LogP contribution in [0.15, 0.2) is 0 Å². The van der Waals surface area contributed by atoms with Crippen LogP contribution < -0.4 is 5.32 Å². The van der Waals surface area contributed by atoms with E-state index in [2.05, 4.69) is 12.2 Å². The molecule has 0 radical (unpaired) electrons. The highest BCUT2D eigenvalue weighted by Crippen LogP contribution is 2.31. The van der Waals surface area contributed by atoms with Crippen LogP contribution in [0.3, 0.4) is 0 Å². The summed E-state index contributed by atoms with van der Waals surface area (Å²) in [6.07, 6.45) is 3.43. The fourth-order valence-electron chi connectivity index (χ4n) is 2.20. The lowest BCUT2D eigenvalue weighted by atomic mass is 9.79. The Morgan fingerprint density at radius 2 is 2.06 bits per heavy atom. The van der Waals surface area contributed by atoms with Crippen LogP contribution >= 0.6 is 0 Å². The topological polar surface area (TPSA) is 61.7 Å². The minimum Gasteiger partial charge on any atom is -0.389 e. The predicted octanol–water partition coefficient (Wildman–Crippen LogP) is 0.524. The van der Waals surface area contributed by atoms with Gasteiger partial charge in [-0.25, -0.2) is 0 Å². The number of methoxy groups -OCH3 is 1. The van der Waals surface area contributed by atoms with E-state index in [9.17, 15) is 10.2 Å². The van der Waals surface area contributed by atoms with Gasteiger partial charge in [-0.15, -0.1) is 0 Å². The Morgan fingerprint density at radius 3 is 2.62 bits per heavy atom. The van der Waals surface area contributed by atoms with Gasteiger partial charge in [0.05, 0.1) is 18.3 Å². The Kier molecular flexibility index (Phi) is 5.69. The molecular weight excluding hydrogens is 206 g/mol. The molecular formula is C12H25NO3. The zero-order valence-electron chi connectivity index (χ0n) is 10.4. The molecule has 1 atom stereocenters. The van der Waals surface area contributed by atoms with E-state index in [1.807, 2.05) is 0 Å². The molecule has 0 aromatic carbocycles. The van der Waals surface area contributed by atoms with Crippen molar-refractivity contribution < 1.29 is 14.9 Å². The van der Waals surface area contributed by atoms with E-state index < -0.39 is 11.7 Å². The molecule has 0 aliphatic heterocycles. The highest BCUT2D eigenvalue weighted by Gasteiger charge is 2.31. The SMILES string of the molecule is COCC(O)CNCC1(O)CCC(C)CC1. The van der Waals surface area contributed by atoms with Crippen molar-refractivity contribution in [1.29, 1.82) is 0 Å². The number of aliphatic hydroxyl groups is 2. The first-order chi connectivity index (χ1) is 7.56. The number of hydrogen-bond donors (Lipinski definition) is 3. The van der Waals surface area contributed by atoms with Crippen LogP contribution in [0.5, 0.6) is 0 Å². The molecule has 0 aromatic heterocycles. The minimum absolute atomic E-state index is 0.336. The molecule has 4 heteroatoms. The quantitative estimate of drug-likeness (QED) is 0.624. The Bertz CT molecular complexity index is 191. The van der Waals surface area contributed by atoms with Crippen LogP contribution in [0.2, 0.25) is 0 Å². The standard InChI is InChI=1S/C12H25NO3/c1-10-3-5-12(15,6-4-10)9-13-7-11(14)8-16-2/h10-11,13-15H,3-9H2,1-2H3. The molecule has 3 N–H and O–H groups in total. The zero-order valence-corrected chi connectivity index (χ0v) is 10.4. The van der Waals surface area contributed by atoms with Crippen LogP contribution in [0.1, 0.15) is 32.6 Å². The summed E-state index contributed by atoms with van der Waals surface area (Å²) in [6, 6.07) is 0. The van der Waals surface area contributed by atoms with Gasteiger partial charge in [0.25, 0.3) is 0 Å². The summed E-state index contributed by atoms with van der Waals surface area (Å²) in [5.41, 5.74) is -0.570. The lowest BCUT2D eigenvalue weighted by molar-refractivity contribution is -0.0102. The van der Waals surface area contributed by atoms with E-state index in [4.69, 9.17) is 4.74 Å². The Morgan fingerprint density at radius 1 is 1.44 bits per heavy atom. The van der Waals surface area contributed by atoms with Gasteiger partial charge in [0.1, 0.15) is 0 Å². The van der Waals surface area contributed by atoms with Crippen molar-refractivity contribution in [3.8, 4) is 0 Å². The maximum absolute atomic E-state index is 10.3. The zero-order chi connectivity index (χ0) is 12.0. The molecule has 0 amide bonds. The van der Waals surface area contributed by atoms with Gasteiger partial charge in [-0.1, -0.05) is 6.92 Å². The van der Waals surface area contributed by atoms with Crippen molar-refractivity contribution in [2.45, 2.75) is 44.3 Å². The van der Waals surface area contributed by atoms with Gasteiger partial charge < -0.3 is 20.3 Å². The monoisotopic (exact) mass is 231 g/mol. The molecule has 1 aliphatic rings. The van der Waals surface area contributed by atoms with Gasteiger partial charge in [-0.05, 0) is 31.6 Å². The van der Waals surface area contributed by atoms with Crippen molar-refractivity contribution in [2.24, 2.45) is 5.92 Å². The first-order valence-electron chi connectivity index (χ1n) is 6.16. The maximum Gasteiger partial charge on any atom is 0.0897 e. The number of nitrogens with one attached hydrogen (secondary N) is 1. The average Bonchev–Trinajstić information content (AvgIpc) is 2.23. The van der Waals surface area contributed by atoms with Crippen LogP contribution in [-0.2, 0) is 4.74 Å². The van der Waals surface area contributed by atoms with Crippen LogP contribution in [0.4, 0.5) is 0 Å². The summed E-state index contributed by atoms with van der Waals surface area (Å²) in [5, 5.41) is 22.8. The third-order valence-electron chi connectivity index (χ3n) is 3.40. The van der Waals surface area contributed by atoms with Gasteiger partial charge in [0, 0.05) is 20.2 Å². The molecule has 0 spiro atoms. The van der Waals surface area contributed by atoms with Crippen LogP contribution in [-0.4, -0.2) is 48.7 Å². The Hall–Kier alpha value is -0.160. The molecule has 1 rings (SSSR count). The largest absolute Gasteiger partial charge is 0.389 e. The number of hydrogen-bond acceptors (Lipinski definition) is 4. The molecule has 1 saturated carbocycles. The Labute approximate surface area is 98.0 Å². The van der Waals surface area contributed by atoms with Crippen LogP contribution in [0.25, 0.3) is 0 Å². The highest BCUT2D eigenvalue weighted by molar-refractivity contribution is 4.86. The van der Waals surface area contributed by atoms with E-state index >= 15 is 0 Å². The second-order valence-electron chi connectivity index (χ2n) is 5.15. The third-order valence-corrected chi connectivity index (χ3v) is 3.40. The molecule has 96 valence electrons. The third kappa shape index (κ3) is 4.78. The second kappa shape index (κ2) is 6.55. The van der Waals surface area contributed by atoms with Gasteiger partial charge in [-0.2, -0.15) is 0 Å². The fraction of sp³-hybridized carbons (Fsp3) is 1.00. The van der Waals surface area contributed by atoms with Crippen molar-refractivity contribution in [3.05, 3.63) is 0 Å². The van der Waals surface area contributed by atoms with E-state index in [0.717, 1.165) is 31.6 Å². The summed E-state index contributed by atoms with van der Waals surface area (Å²) >= 11 is 0. The first kappa shape index (κ1) is 13.9. The normalized spacial score (nSPS) is 32.6. The number of rotatable bonds is 6. The molecule has 0 heterocycles. The predicted molar refractivity (Wildman–Crippen MR) is 63.3 cm³/mol. The highest BCUT2D eigenvalue weighted by atomic mass is 16.5. The summed E-state index contributed by atoms with van der Waals surface area (Å²) in [5.74, 6) is 0.736. The molecule has 1 aliphatic carbocycles. The van der Waals surface area contributed by atoms with E-state index in [1.165, 1.54) is 0 Å². The Balaban J connectivity index is 2.16. The summed E-state index contributed by atoms with van der Waals surface area (Å²) < 4.78 is 4.83. The van der Waals surface area contributed by atoms with E-state index in [0.29, 0.717) is 19.7 Å². The average molecular weight is 231 g/mol. The van der Waals surface area contributed by atoms with Gasteiger partial charge in [0.2, 0.25) is 0 Å². The summed E-state index contributed by atoms with van der Waals surface area (Å²) in [4.78, 5) is 0. The number of aliphatic hydroxyl groups excluding tert-OH is 1. The smallest absolute Gasteiger partial charge is 0.0897 e. The first-order valence-corrected chi connectivity index (χ1v) is 6.16. The minimum atomic E-state index is -0.570. The van der Waals surface area contributed by atoms with Gasteiger partial charge in [-0.3, -0.25) is 0 Å². The molecule has 0 bridgehead atoms. The van der Waals surface area contributed by atoms with Crippen molar-refractivity contribution in [2.75, 3.05) is 26.8 Å². The maximum atomic E-state index is 10.3. The summed E-state index contributed by atoms with van der Waals surface area (Å²) in [7, 11) is 1.57. The van der Waals surface area contributed by atoms with Crippen LogP contribution in [0, 0.1) is 5.92 Å². The lowest BCUT2D eigenvalue weighted by Gasteiger charge is -2.35. The molecule has 0 aromatic rings. The molecule has 1 fully saturated rings. The molecule has 16 heavy (non-hydrogen) atoms. The van der Waals surface area contributed by atoms with Crippen molar-refractivity contribution in [1.82, 2.24) is 5.32 Å². The molecule has 0 saturated heterocycles.